The fourth-order valence-corrected chi connectivity index (χ4v) is 13.1. The van der Waals surface area contributed by atoms with Crippen molar-refractivity contribution >= 4 is 23.5 Å². The van der Waals surface area contributed by atoms with Crippen molar-refractivity contribution < 1.29 is 0 Å². The Labute approximate surface area is 93.0 Å². The van der Waals surface area contributed by atoms with Crippen molar-refractivity contribution in [3.8, 4) is 0 Å². The van der Waals surface area contributed by atoms with Gasteiger partial charge in [-0.05, 0) is 14.1 Å². The molecule has 0 aliphatic rings. The van der Waals surface area contributed by atoms with Gasteiger partial charge < -0.3 is 8.95 Å². The molecule has 0 saturated carbocycles. The van der Waals surface area contributed by atoms with Crippen LogP contribution in [0.5, 0.6) is 0 Å². The molecule has 14 heavy (non-hydrogen) atoms. The molecule has 0 heterocycles. The zero-order chi connectivity index (χ0) is 11.7. The predicted octanol–water partition coefficient (Wildman–Crippen LogP) is 2.64. The third-order valence-electron chi connectivity index (χ3n) is 2.57. The normalized spacial score (nSPS) is 13.9. The Kier molecular flexibility index (Phi) is 4.65. The molecule has 0 radical (unpaired) electrons. The second kappa shape index (κ2) is 4.51. The Bertz CT molecular complexity index is 170. The van der Waals surface area contributed by atoms with Crippen LogP contribution in [0, 0.1) is 0 Å². The van der Waals surface area contributed by atoms with E-state index in [0.29, 0.717) is 6.98 Å². The first-order chi connectivity index (χ1) is 5.98. The molecule has 0 N–H and O–H groups in total. The van der Waals surface area contributed by atoms with Crippen LogP contribution < -0.4 is 0 Å². The van der Waals surface area contributed by atoms with Crippen molar-refractivity contribution in [2.45, 2.75) is 46.1 Å². The second-order valence-corrected chi connectivity index (χ2v) is 16.4. The quantitative estimate of drug-likeness (QED) is 0.685. The van der Waals surface area contributed by atoms with E-state index in [2.05, 4.69) is 69.2 Å². The summed E-state index contributed by atoms with van der Waals surface area (Å²) >= 11 is 0. The first-order valence-corrected chi connectivity index (χ1v) is 12.3. The van der Waals surface area contributed by atoms with Crippen LogP contribution in [0.15, 0.2) is 0 Å². The summed E-state index contributed by atoms with van der Waals surface area (Å²) in [6, 6.07) is 0. The molecule has 0 aromatic rings. The van der Waals surface area contributed by atoms with Crippen molar-refractivity contribution in [1.82, 2.24) is 8.95 Å². The maximum absolute atomic E-state index is 2.82. The summed E-state index contributed by atoms with van der Waals surface area (Å²) in [6.07, 6.45) is 0. The first kappa shape index (κ1) is 14.4. The fourth-order valence-electron chi connectivity index (χ4n) is 2.36. The third-order valence-corrected chi connectivity index (χ3v) is 10.2. The van der Waals surface area contributed by atoms with Gasteiger partial charge in [0.05, 0.1) is 0 Å². The van der Waals surface area contributed by atoms with E-state index in [-0.39, 0.29) is 0 Å². The number of hydrogen-bond acceptors (Lipinski definition) is 2. The van der Waals surface area contributed by atoms with Crippen LogP contribution in [-0.2, 0) is 0 Å². The Morgan fingerprint density at radius 3 is 1.14 bits per heavy atom. The molecule has 2 nitrogen and oxygen atoms in total. The maximum atomic E-state index is 2.82. The Hall–Kier alpha value is 0.419. The van der Waals surface area contributed by atoms with E-state index in [1.165, 1.54) is 0 Å². The second-order valence-electron chi connectivity index (χ2n) is 6.31. The molecule has 0 rings (SSSR count). The summed E-state index contributed by atoms with van der Waals surface area (Å²) < 4.78 is 2.82. The molecule has 0 atom stereocenters. The standard InChI is InChI=1S/C9H27BN2Si2/c1-10(11(2)3)12(13(4,5)6)14(7,8)9/h1-9H3. The lowest BCUT2D eigenvalue weighted by Gasteiger charge is -2.48. The van der Waals surface area contributed by atoms with Crippen molar-refractivity contribution in [2.24, 2.45) is 0 Å². The fraction of sp³-hybridized carbons (Fsp3) is 1.00. The molecule has 0 aliphatic carbocycles. The first-order valence-electron chi connectivity index (χ1n) is 5.44. The van der Waals surface area contributed by atoms with Crippen molar-refractivity contribution in [3.05, 3.63) is 0 Å². The van der Waals surface area contributed by atoms with E-state index in [0.717, 1.165) is 0 Å². The summed E-state index contributed by atoms with van der Waals surface area (Å²) in [5, 5.41) is 0. The van der Waals surface area contributed by atoms with Crippen LogP contribution in [0.3, 0.4) is 0 Å². The molecule has 0 unspecified atom stereocenters. The summed E-state index contributed by atoms with van der Waals surface area (Å²) in [5.41, 5.74) is 0. The van der Waals surface area contributed by atoms with E-state index in [4.69, 9.17) is 0 Å². The molecule has 0 aliphatic heterocycles. The van der Waals surface area contributed by atoms with E-state index < -0.39 is 16.5 Å². The number of nitrogens with zero attached hydrogens (tertiary/aromatic N) is 2. The van der Waals surface area contributed by atoms with Gasteiger partial charge in [0.1, 0.15) is 16.5 Å². The minimum Gasteiger partial charge on any atom is -0.374 e. The van der Waals surface area contributed by atoms with Gasteiger partial charge in [0, 0.05) is 0 Å². The van der Waals surface area contributed by atoms with Gasteiger partial charge >= 0.3 is 0 Å². The van der Waals surface area contributed by atoms with Gasteiger partial charge in [-0.2, -0.15) is 0 Å². The number of hydrogen-bond donors (Lipinski definition) is 0. The molecule has 0 aromatic carbocycles. The molecule has 0 bridgehead atoms. The molecular weight excluding hydrogens is 203 g/mol. The van der Waals surface area contributed by atoms with Gasteiger partial charge in [0.25, 0.3) is 6.98 Å². The molecule has 5 heteroatoms. The van der Waals surface area contributed by atoms with E-state index in [1.807, 2.05) is 0 Å². The Balaban J connectivity index is 4.94. The highest BCUT2D eigenvalue weighted by atomic mass is 28.4. The van der Waals surface area contributed by atoms with Gasteiger partial charge in [0.15, 0.2) is 0 Å². The lowest BCUT2D eigenvalue weighted by molar-refractivity contribution is 0.602. The average molecular weight is 230 g/mol. The van der Waals surface area contributed by atoms with Gasteiger partial charge in [-0.15, -0.1) is 0 Å². The van der Waals surface area contributed by atoms with Gasteiger partial charge in [-0.25, -0.2) is 0 Å². The highest BCUT2D eigenvalue weighted by molar-refractivity contribution is 6.98. The third kappa shape index (κ3) is 3.88. The minimum absolute atomic E-state index is 0.577. The van der Waals surface area contributed by atoms with Gasteiger partial charge in [-0.1, -0.05) is 46.1 Å². The zero-order valence-electron chi connectivity index (χ0n) is 11.5. The summed E-state index contributed by atoms with van der Waals surface area (Å²) in [4.78, 5) is 2.33. The molecule has 0 spiro atoms. The lowest BCUT2D eigenvalue weighted by Crippen LogP contribution is -2.67. The summed E-state index contributed by atoms with van der Waals surface area (Å²) in [5.74, 6) is 0. The largest absolute Gasteiger partial charge is 0.374 e. The highest BCUT2D eigenvalue weighted by Gasteiger charge is 2.39. The molecule has 0 fully saturated rings. The zero-order valence-corrected chi connectivity index (χ0v) is 13.5. The summed E-state index contributed by atoms with van der Waals surface area (Å²) in [6.45, 7) is 17.6. The highest BCUT2D eigenvalue weighted by Crippen LogP contribution is 2.21. The van der Waals surface area contributed by atoms with E-state index in [1.54, 1.807) is 0 Å². The van der Waals surface area contributed by atoms with E-state index >= 15 is 0 Å². The predicted molar refractivity (Wildman–Crippen MR) is 73.8 cm³/mol. The number of rotatable bonds is 4. The monoisotopic (exact) mass is 230 g/mol. The van der Waals surface area contributed by atoms with Crippen LogP contribution in [0.2, 0.25) is 46.1 Å². The summed E-state index contributed by atoms with van der Waals surface area (Å²) in [7, 11) is 1.97. The molecule has 84 valence electrons. The van der Waals surface area contributed by atoms with E-state index in [9.17, 15) is 0 Å². The van der Waals surface area contributed by atoms with Crippen LogP contribution in [0.1, 0.15) is 0 Å². The Morgan fingerprint density at radius 2 is 1.07 bits per heavy atom. The van der Waals surface area contributed by atoms with Crippen molar-refractivity contribution in [3.63, 3.8) is 0 Å². The van der Waals surface area contributed by atoms with Crippen molar-refractivity contribution in [2.75, 3.05) is 14.1 Å². The van der Waals surface area contributed by atoms with Crippen LogP contribution >= 0.6 is 0 Å². The lowest BCUT2D eigenvalue weighted by atomic mass is 9.81. The topological polar surface area (TPSA) is 6.48 Å². The molecular formula is C9H27BN2Si2. The Morgan fingerprint density at radius 1 is 0.786 bits per heavy atom. The van der Waals surface area contributed by atoms with Crippen LogP contribution in [-0.4, -0.2) is 46.5 Å². The van der Waals surface area contributed by atoms with Crippen LogP contribution in [0.25, 0.3) is 0 Å². The SMILES string of the molecule is CB(N(C)C)N([Si](C)(C)C)[Si](C)(C)C. The average Bonchev–Trinajstić information content (AvgIpc) is 1.79. The maximum Gasteiger partial charge on any atom is 0.293 e. The smallest absolute Gasteiger partial charge is 0.293 e. The molecule has 0 amide bonds. The molecule has 0 aromatic heterocycles. The van der Waals surface area contributed by atoms with Gasteiger partial charge in [-0.3, -0.25) is 0 Å². The van der Waals surface area contributed by atoms with Crippen LogP contribution in [0.4, 0.5) is 0 Å². The minimum atomic E-state index is -1.19. The van der Waals surface area contributed by atoms with Crippen molar-refractivity contribution in [1.29, 1.82) is 0 Å². The molecule has 0 saturated heterocycles. The van der Waals surface area contributed by atoms with Gasteiger partial charge in [0.2, 0.25) is 0 Å².